The molecule has 170 valence electrons. The van der Waals surface area contributed by atoms with Crippen LogP contribution in [0.25, 0.3) is 16.5 Å². The Balaban J connectivity index is 1.52. The number of carbonyl (C=O) groups is 1. The van der Waals surface area contributed by atoms with Gasteiger partial charge in [-0.2, -0.15) is 0 Å². The highest BCUT2D eigenvalue weighted by Gasteiger charge is 2.09. The average molecular weight is 455 g/mol. The summed E-state index contributed by atoms with van der Waals surface area (Å²) in [6, 6.07) is 18.1. The summed E-state index contributed by atoms with van der Waals surface area (Å²) in [5, 5.41) is 9.42. The van der Waals surface area contributed by atoms with Crippen LogP contribution in [-0.4, -0.2) is 29.3 Å². The highest BCUT2D eigenvalue weighted by atomic mass is 19.1. The smallest absolute Gasteiger partial charge is 0.323 e. The molecule has 0 atom stereocenters. The summed E-state index contributed by atoms with van der Waals surface area (Å²) >= 11 is 0. The Kier molecular flexibility index (Phi) is 6.73. The lowest BCUT2D eigenvalue weighted by molar-refractivity contribution is 0.262. The van der Waals surface area contributed by atoms with Crippen LogP contribution in [0.4, 0.5) is 32.1 Å². The first kappa shape index (κ1) is 22.4. The van der Waals surface area contributed by atoms with Gasteiger partial charge in [0, 0.05) is 47.5 Å². The van der Waals surface area contributed by atoms with Crippen LogP contribution in [-0.2, 0) is 0 Å². The van der Waals surface area contributed by atoms with Gasteiger partial charge in [-0.05, 0) is 54.1 Å². The number of halogens is 1. The normalized spacial score (nSPS) is 11.5. The number of amides is 2. The van der Waals surface area contributed by atoms with E-state index in [1.165, 1.54) is 30.7 Å². The molecule has 1 heterocycles. The van der Waals surface area contributed by atoms with Gasteiger partial charge in [0.05, 0.1) is 5.52 Å². The molecule has 2 amide bonds. The van der Waals surface area contributed by atoms with Crippen LogP contribution in [0.3, 0.4) is 0 Å². The third-order valence-electron chi connectivity index (χ3n) is 4.88. The Morgan fingerprint density at radius 3 is 2.44 bits per heavy atom. The van der Waals surface area contributed by atoms with Crippen LogP contribution in [0.15, 0.2) is 84.2 Å². The number of nitrogens with one attached hydrogen (secondary N) is 3. The van der Waals surface area contributed by atoms with Gasteiger partial charge in [0.1, 0.15) is 18.0 Å². The minimum atomic E-state index is -0.484. The number of allylic oxidation sites excluding steroid dienone is 1. The third-order valence-corrected chi connectivity index (χ3v) is 4.88. The summed E-state index contributed by atoms with van der Waals surface area (Å²) in [5.74, 6) is 0.183. The molecular formula is C25H22FN7O. The fourth-order valence-corrected chi connectivity index (χ4v) is 3.36. The van der Waals surface area contributed by atoms with Crippen LogP contribution in [0.5, 0.6) is 0 Å². The first-order chi connectivity index (χ1) is 16.6. The molecule has 0 aliphatic rings. The molecule has 0 bridgehead atoms. The van der Waals surface area contributed by atoms with Crippen LogP contribution in [0.2, 0.25) is 0 Å². The predicted molar refractivity (Wildman–Crippen MR) is 135 cm³/mol. The zero-order chi connectivity index (χ0) is 23.9. The monoisotopic (exact) mass is 455 g/mol. The Morgan fingerprint density at radius 2 is 1.71 bits per heavy atom. The number of rotatable bonds is 6. The first-order valence-corrected chi connectivity index (χ1v) is 10.4. The van der Waals surface area contributed by atoms with Gasteiger partial charge >= 0.3 is 6.03 Å². The van der Waals surface area contributed by atoms with Crippen molar-refractivity contribution in [1.82, 2.24) is 9.97 Å². The number of hydrogen-bond acceptors (Lipinski definition) is 6. The fraction of sp³-hybridized carbons (Fsp3) is 0.0400. The predicted octanol–water partition coefficient (Wildman–Crippen LogP) is 5.16. The summed E-state index contributed by atoms with van der Waals surface area (Å²) in [7, 11) is 1.68. The summed E-state index contributed by atoms with van der Waals surface area (Å²) in [4.78, 5) is 25.0. The number of aliphatic imine (C=N–C) groups is 1. The molecule has 0 aliphatic carbocycles. The second-order valence-electron chi connectivity index (χ2n) is 7.26. The number of fused-ring (bicyclic) bond motifs is 1. The highest BCUT2D eigenvalue weighted by Crippen LogP contribution is 2.26. The van der Waals surface area contributed by atoms with E-state index in [0.29, 0.717) is 22.9 Å². The lowest BCUT2D eigenvalue weighted by Gasteiger charge is -2.12. The van der Waals surface area contributed by atoms with Crippen molar-refractivity contribution in [2.24, 2.45) is 10.7 Å². The number of anilines is 4. The fourth-order valence-electron chi connectivity index (χ4n) is 3.36. The van der Waals surface area contributed by atoms with E-state index in [2.05, 4.69) is 30.9 Å². The second kappa shape index (κ2) is 10.2. The van der Waals surface area contributed by atoms with Gasteiger partial charge < -0.3 is 21.7 Å². The molecule has 4 rings (SSSR count). The first-order valence-electron chi connectivity index (χ1n) is 10.4. The Bertz CT molecular complexity index is 1400. The largest absolute Gasteiger partial charge is 0.404 e. The summed E-state index contributed by atoms with van der Waals surface area (Å²) < 4.78 is 13.3. The zero-order valence-corrected chi connectivity index (χ0v) is 18.3. The van der Waals surface area contributed by atoms with E-state index in [1.807, 2.05) is 24.3 Å². The van der Waals surface area contributed by atoms with Gasteiger partial charge in [0.2, 0.25) is 0 Å². The summed E-state index contributed by atoms with van der Waals surface area (Å²) in [6.07, 6.45) is 4.66. The third kappa shape index (κ3) is 5.33. The van der Waals surface area contributed by atoms with E-state index in [9.17, 15) is 9.18 Å². The van der Waals surface area contributed by atoms with Gasteiger partial charge in [0.15, 0.2) is 0 Å². The van der Waals surface area contributed by atoms with E-state index in [0.717, 1.165) is 22.0 Å². The number of hydrogen-bond donors (Lipinski definition) is 4. The van der Waals surface area contributed by atoms with Gasteiger partial charge in [-0.25, -0.2) is 19.2 Å². The van der Waals surface area contributed by atoms with Crippen molar-refractivity contribution >= 4 is 51.6 Å². The topological polar surface area (TPSA) is 117 Å². The minimum Gasteiger partial charge on any atom is -0.404 e. The molecule has 4 aromatic rings. The van der Waals surface area contributed by atoms with E-state index in [-0.39, 0.29) is 0 Å². The molecule has 0 spiro atoms. The number of aromatic nitrogens is 2. The Labute approximate surface area is 195 Å². The van der Waals surface area contributed by atoms with Crippen molar-refractivity contribution in [2.75, 3.05) is 23.0 Å². The van der Waals surface area contributed by atoms with Gasteiger partial charge in [0.25, 0.3) is 0 Å². The molecule has 0 saturated heterocycles. The molecule has 0 saturated carbocycles. The Hall–Kier alpha value is -4.79. The molecule has 0 radical (unpaired) electrons. The van der Waals surface area contributed by atoms with Crippen molar-refractivity contribution in [3.8, 4) is 0 Å². The van der Waals surface area contributed by atoms with Crippen LogP contribution in [0.1, 0.15) is 5.56 Å². The number of carbonyl (C=O) groups excluding carboxylic acids is 1. The maximum atomic E-state index is 13.3. The molecule has 3 aromatic carbocycles. The summed E-state index contributed by atoms with van der Waals surface area (Å²) in [6.45, 7) is 0. The standard InChI is InChI=1S/C25H22FN7O/c1-28-14-17(13-27)16-8-9-22-23(10-16)29-15-30-24(22)31-20-6-3-7-21(12-20)33-25(34)32-19-5-2-4-18(26)11-19/h2-15H,27H2,1H3,(H,29,30,31)(H2,32,33,34). The highest BCUT2D eigenvalue weighted by molar-refractivity contribution is 6.10. The number of urea groups is 1. The maximum Gasteiger partial charge on any atom is 0.323 e. The van der Waals surface area contributed by atoms with Gasteiger partial charge in [-0.3, -0.25) is 4.99 Å². The zero-order valence-electron chi connectivity index (χ0n) is 18.3. The molecule has 9 heteroatoms. The van der Waals surface area contributed by atoms with E-state index in [1.54, 1.807) is 37.5 Å². The van der Waals surface area contributed by atoms with Crippen LogP contribution >= 0.6 is 0 Å². The number of benzene rings is 3. The Morgan fingerprint density at radius 1 is 0.971 bits per heavy atom. The van der Waals surface area contributed by atoms with Crippen molar-refractivity contribution in [3.05, 3.63) is 90.6 Å². The van der Waals surface area contributed by atoms with E-state index >= 15 is 0 Å². The quantitative estimate of drug-likeness (QED) is 0.300. The molecule has 0 aliphatic heterocycles. The second-order valence-corrected chi connectivity index (χ2v) is 7.26. The number of nitrogens with two attached hydrogens (primary N) is 1. The van der Waals surface area contributed by atoms with Crippen molar-refractivity contribution in [3.63, 3.8) is 0 Å². The van der Waals surface area contributed by atoms with Crippen LogP contribution in [0, 0.1) is 5.82 Å². The van der Waals surface area contributed by atoms with Crippen LogP contribution < -0.4 is 21.7 Å². The van der Waals surface area contributed by atoms with Gasteiger partial charge in [-0.15, -0.1) is 0 Å². The lowest BCUT2D eigenvalue weighted by atomic mass is 10.1. The SMILES string of the molecule is CN=CC(=CN)c1ccc2c(Nc3cccc(NC(=O)Nc4cccc(F)c4)c3)ncnc2c1. The average Bonchev–Trinajstić information content (AvgIpc) is 2.82. The molecule has 34 heavy (non-hydrogen) atoms. The van der Waals surface area contributed by atoms with Crippen molar-refractivity contribution in [1.29, 1.82) is 0 Å². The van der Waals surface area contributed by atoms with Crippen molar-refractivity contribution < 1.29 is 9.18 Å². The van der Waals surface area contributed by atoms with Gasteiger partial charge in [-0.1, -0.05) is 18.2 Å². The molecular weight excluding hydrogens is 433 g/mol. The molecule has 5 N–H and O–H groups in total. The molecule has 0 fully saturated rings. The maximum absolute atomic E-state index is 13.3. The van der Waals surface area contributed by atoms with Crippen molar-refractivity contribution in [2.45, 2.75) is 0 Å². The van der Waals surface area contributed by atoms with E-state index in [4.69, 9.17) is 5.73 Å². The summed E-state index contributed by atoms with van der Waals surface area (Å²) in [5.41, 5.74) is 9.75. The lowest BCUT2D eigenvalue weighted by Crippen LogP contribution is -2.19. The molecule has 0 unspecified atom stereocenters. The molecule has 1 aromatic heterocycles. The minimum absolute atomic E-state index is 0.358. The van der Waals surface area contributed by atoms with E-state index < -0.39 is 11.8 Å². The molecule has 8 nitrogen and oxygen atoms in total. The number of nitrogens with zero attached hydrogens (tertiary/aromatic N) is 3.